The largest absolute Gasteiger partial charge is 0.497 e. The van der Waals surface area contributed by atoms with E-state index in [4.69, 9.17) is 9.15 Å². The van der Waals surface area contributed by atoms with Crippen LogP contribution in [0, 0.1) is 0 Å². The third kappa shape index (κ3) is 3.76. The number of carbonyl (C=O) groups excluding carboxylic acids is 1. The van der Waals surface area contributed by atoms with Gasteiger partial charge < -0.3 is 19.2 Å². The van der Waals surface area contributed by atoms with Crippen molar-refractivity contribution < 1.29 is 19.1 Å². The first-order valence-electron chi connectivity index (χ1n) is 6.80. The number of likely N-dealkylation sites (N-methyl/N-ethyl adjacent to an activating group) is 1. The molecule has 5 heteroatoms. The van der Waals surface area contributed by atoms with E-state index in [0.717, 1.165) is 10.9 Å². The summed E-state index contributed by atoms with van der Waals surface area (Å²) in [6, 6.07) is 5.52. The lowest BCUT2D eigenvalue weighted by Crippen LogP contribution is -2.40. The van der Waals surface area contributed by atoms with Gasteiger partial charge in [0.25, 0.3) is 0 Å². The highest BCUT2D eigenvalue weighted by Crippen LogP contribution is 2.26. The van der Waals surface area contributed by atoms with Crippen LogP contribution < -0.4 is 4.74 Å². The summed E-state index contributed by atoms with van der Waals surface area (Å²) in [6.45, 7) is 3.64. The van der Waals surface area contributed by atoms with Crippen LogP contribution in [0.4, 0.5) is 0 Å². The molecule has 0 fully saturated rings. The smallest absolute Gasteiger partial charge is 0.226 e. The van der Waals surface area contributed by atoms with Crippen molar-refractivity contribution >= 4 is 16.9 Å². The molecular weight excluding hydrogens is 270 g/mol. The summed E-state index contributed by atoms with van der Waals surface area (Å²) in [5, 5.41) is 10.7. The summed E-state index contributed by atoms with van der Waals surface area (Å²) < 4.78 is 10.6. The van der Waals surface area contributed by atoms with Crippen LogP contribution in [-0.2, 0) is 11.2 Å². The number of carbonyl (C=O) groups is 1. The zero-order valence-corrected chi connectivity index (χ0v) is 12.8. The van der Waals surface area contributed by atoms with E-state index in [1.54, 1.807) is 40.3 Å². The number of nitrogens with zero attached hydrogens (tertiary/aromatic N) is 1. The fourth-order valence-corrected chi connectivity index (χ4v) is 2.29. The summed E-state index contributed by atoms with van der Waals surface area (Å²) in [6.07, 6.45) is 1.84. The van der Waals surface area contributed by atoms with Gasteiger partial charge in [-0.2, -0.15) is 0 Å². The van der Waals surface area contributed by atoms with E-state index in [1.807, 2.05) is 12.1 Å². The van der Waals surface area contributed by atoms with Gasteiger partial charge in [0, 0.05) is 30.6 Å². The van der Waals surface area contributed by atoms with Gasteiger partial charge in [-0.25, -0.2) is 0 Å². The van der Waals surface area contributed by atoms with E-state index >= 15 is 0 Å². The van der Waals surface area contributed by atoms with Gasteiger partial charge in [-0.05, 0) is 26.0 Å². The fraction of sp³-hybridized carbons (Fsp3) is 0.438. The van der Waals surface area contributed by atoms with E-state index in [2.05, 4.69) is 0 Å². The summed E-state index contributed by atoms with van der Waals surface area (Å²) in [4.78, 5) is 13.7. The molecule has 0 aliphatic heterocycles. The van der Waals surface area contributed by atoms with Crippen LogP contribution in [0.3, 0.4) is 0 Å². The minimum Gasteiger partial charge on any atom is -0.497 e. The quantitative estimate of drug-likeness (QED) is 0.917. The van der Waals surface area contributed by atoms with Crippen LogP contribution in [0.1, 0.15) is 19.4 Å². The van der Waals surface area contributed by atoms with Crippen molar-refractivity contribution in [1.29, 1.82) is 0 Å². The number of hydrogen-bond donors (Lipinski definition) is 1. The number of hydrogen-bond acceptors (Lipinski definition) is 4. The Balaban J connectivity index is 2.14. The Bertz CT molecular complexity index is 639. The molecule has 114 valence electrons. The highest BCUT2D eigenvalue weighted by atomic mass is 16.5. The summed E-state index contributed by atoms with van der Waals surface area (Å²) in [5.74, 6) is 0.657. The van der Waals surface area contributed by atoms with E-state index in [-0.39, 0.29) is 18.9 Å². The molecule has 0 aliphatic carbocycles. The lowest BCUT2D eigenvalue weighted by molar-refractivity contribution is -0.131. The summed E-state index contributed by atoms with van der Waals surface area (Å²) >= 11 is 0. The highest BCUT2D eigenvalue weighted by molar-refractivity contribution is 5.88. The van der Waals surface area contributed by atoms with E-state index < -0.39 is 5.60 Å². The summed E-state index contributed by atoms with van der Waals surface area (Å²) in [7, 11) is 3.28. The molecule has 5 nitrogen and oxygen atoms in total. The Morgan fingerprint density at radius 2 is 2.14 bits per heavy atom. The predicted molar refractivity (Wildman–Crippen MR) is 80.4 cm³/mol. The fourth-order valence-electron chi connectivity index (χ4n) is 2.29. The minimum atomic E-state index is -0.907. The van der Waals surface area contributed by atoms with Crippen molar-refractivity contribution in [2.45, 2.75) is 25.9 Å². The molecule has 1 heterocycles. The van der Waals surface area contributed by atoms with Gasteiger partial charge in [-0.1, -0.05) is 0 Å². The van der Waals surface area contributed by atoms with Crippen LogP contribution in [-0.4, -0.2) is 42.2 Å². The van der Waals surface area contributed by atoms with Crippen molar-refractivity contribution in [3.05, 3.63) is 30.0 Å². The van der Waals surface area contributed by atoms with Crippen LogP contribution in [0.5, 0.6) is 5.75 Å². The van der Waals surface area contributed by atoms with Crippen molar-refractivity contribution in [3.63, 3.8) is 0 Å². The third-order valence-corrected chi connectivity index (χ3v) is 3.25. The number of furan rings is 1. The Labute approximate surface area is 124 Å². The van der Waals surface area contributed by atoms with Crippen molar-refractivity contribution in [3.8, 4) is 5.75 Å². The van der Waals surface area contributed by atoms with Gasteiger partial charge in [-0.15, -0.1) is 0 Å². The number of ether oxygens (including phenoxy) is 1. The second kappa shape index (κ2) is 5.77. The maximum absolute atomic E-state index is 12.2. The van der Waals surface area contributed by atoms with Crippen LogP contribution in [0.15, 0.2) is 28.9 Å². The summed E-state index contributed by atoms with van der Waals surface area (Å²) in [5.41, 5.74) is 0.624. The van der Waals surface area contributed by atoms with E-state index in [9.17, 15) is 9.90 Å². The van der Waals surface area contributed by atoms with Crippen LogP contribution >= 0.6 is 0 Å². The molecule has 1 amide bonds. The number of amides is 1. The first-order valence-corrected chi connectivity index (χ1v) is 6.80. The molecule has 21 heavy (non-hydrogen) atoms. The molecule has 1 N–H and O–H groups in total. The van der Waals surface area contributed by atoms with Crippen molar-refractivity contribution in [2.75, 3.05) is 20.7 Å². The Hall–Kier alpha value is -2.01. The average Bonchev–Trinajstić information content (AvgIpc) is 2.79. The van der Waals surface area contributed by atoms with Gasteiger partial charge in [0.2, 0.25) is 5.91 Å². The van der Waals surface area contributed by atoms with Crippen LogP contribution in [0.2, 0.25) is 0 Å². The predicted octanol–water partition coefficient (Wildman–Crippen LogP) is 2.21. The van der Waals surface area contributed by atoms with Crippen LogP contribution in [0.25, 0.3) is 11.0 Å². The molecule has 0 unspecified atom stereocenters. The molecule has 0 saturated carbocycles. The number of fused-ring (bicyclic) bond motifs is 1. The molecule has 0 atom stereocenters. The van der Waals surface area contributed by atoms with Crippen molar-refractivity contribution in [2.24, 2.45) is 0 Å². The highest BCUT2D eigenvalue weighted by Gasteiger charge is 2.20. The van der Waals surface area contributed by atoms with Gasteiger partial charge >= 0.3 is 0 Å². The zero-order chi connectivity index (χ0) is 15.6. The van der Waals surface area contributed by atoms with Gasteiger partial charge in [0.1, 0.15) is 11.3 Å². The van der Waals surface area contributed by atoms with Gasteiger partial charge in [-0.3, -0.25) is 4.79 Å². The van der Waals surface area contributed by atoms with Crippen molar-refractivity contribution in [1.82, 2.24) is 4.90 Å². The standard InChI is InChI=1S/C16H21NO4/c1-16(2,19)10-17(3)15(18)7-11-9-21-14-8-12(20-4)5-6-13(11)14/h5-6,8-9,19H,7,10H2,1-4H3. The molecule has 0 bridgehead atoms. The Kier molecular flexibility index (Phi) is 4.23. The molecule has 0 radical (unpaired) electrons. The first-order chi connectivity index (χ1) is 9.80. The molecule has 2 rings (SSSR count). The molecule has 0 aliphatic rings. The minimum absolute atomic E-state index is 0.0596. The third-order valence-electron chi connectivity index (χ3n) is 3.25. The Morgan fingerprint density at radius 3 is 2.76 bits per heavy atom. The Morgan fingerprint density at radius 1 is 1.43 bits per heavy atom. The number of methoxy groups -OCH3 is 1. The number of aliphatic hydroxyl groups is 1. The maximum atomic E-state index is 12.2. The monoisotopic (exact) mass is 291 g/mol. The molecular formula is C16H21NO4. The maximum Gasteiger partial charge on any atom is 0.226 e. The number of benzene rings is 1. The molecule has 1 aromatic carbocycles. The lowest BCUT2D eigenvalue weighted by atomic mass is 10.1. The average molecular weight is 291 g/mol. The normalized spacial score (nSPS) is 11.7. The van der Waals surface area contributed by atoms with Gasteiger partial charge in [0.15, 0.2) is 0 Å². The molecule has 2 aromatic rings. The SMILES string of the molecule is COc1ccc2c(CC(=O)N(C)CC(C)(C)O)coc2c1. The van der Waals surface area contributed by atoms with E-state index in [0.29, 0.717) is 11.3 Å². The number of rotatable bonds is 5. The second-order valence-corrected chi connectivity index (χ2v) is 5.86. The first kappa shape index (κ1) is 15.4. The lowest BCUT2D eigenvalue weighted by Gasteiger charge is -2.25. The van der Waals surface area contributed by atoms with Gasteiger partial charge in [0.05, 0.1) is 25.4 Å². The molecule has 0 saturated heterocycles. The zero-order valence-electron chi connectivity index (χ0n) is 12.8. The molecule has 0 spiro atoms. The van der Waals surface area contributed by atoms with E-state index in [1.165, 1.54) is 4.90 Å². The molecule has 1 aromatic heterocycles. The second-order valence-electron chi connectivity index (χ2n) is 5.86. The topological polar surface area (TPSA) is 62.9 Å².